The molecule has 15 heavy (non-hydrogen) atoms. The first-order valence-corrected chi connectivity index (χ1v) is 4.43. The predicted molar refractivity (Wildman–Crippen MR) is 55.0 cm³/mol. The third kappa shape index (κ3) is 1.15. The normalized spacial score (nSPS) is 10.9. The highest BCUT2D eigenvalue weighted by molar-refractivity contribution is 5.76. The van der Waals surface area contributed by atoms with Gasteiger partial charge < -0.3 is 5.73 Å². The lowest BCUT2D eigenvalue weighted by molar-refractivity contribution is 0.942. The minimum absolute atomic E-state index is 0.479. The number of hydrogen-bond donors (Lipinski definition) is 2. The van der Waals surface area contributed by atoms with Gasteiger partial charge in [0.1, 0.15) is 5.82 Å². The molecular formula is C9H8N6. The number of fused-ring (bicyclic) bond motifs is 1. The van der Waals surface area contributed by atoms with Crippen LogP contribution in [0.4, 0.5) is 5.82 Å². The van der Waals surface area contributed by atoms with Gasteiger partial charge in [-0.1, -0.05) is 0 Å². The van der Waals surface area contributed by atoms with Gasteiger partial charge >= 0.3 is 0 Å². The van der Waals surface area contributed by atoms with Crippen molar-refractivity contribution in [2.45, 2.75) is 0 Å². The highest BCUT2D eigenvalue weighted by Gasteiger charge is 2.08. The summed E-state index contributed by atoms with van der Waals surface area (Å²) in [5, 5.41) is 10.8. The number of hydrogen-bond acceptors (Lipinski definition) is 4. The molecule has 74 valence electrons. The second kappa shape index (κ2) is 2.81. The molecule has 3 rings (SSSR count). The van der Waals surface area contributed by atoms with Crippen molar-refractivity contribution in [2.24, 2.45) is 0 Å². The second-order valence-corrected chi connectivity index (χ2v) is 3.17. The zero-order chi connectivity index (χ0) is 10.3. The van der Waals surface area contributed by atoms with Crippen molar-refractivity contribution in [3.05, 3.63) is 30.9 Å². The summed E-state index contributed by atoms with van der Waals surface area (Å²) in [6.45, 7) is 0. The Morgan fingerprint density at radius 2 is 2.27 bits per heavy atom. The molecule has 3 aromatic heterocycles. The van der Waals surface area contributed by atoms with Crippen LogP contribution < -0.4 is 5.73 Å². The average Bonchev–Trinajstić information content (AvgIpc) is 2.83. The van der Waals surface area contributed by atoms with Crippen LogP contribution in [0.3, 0.4) is 0 Å². The van der Waals surface area contributed by atoms with Gasteiger partial charge in [0.25, 0.3) is 0 Å². The van der Waals surface area contributed by atoms with Crippen molar-refractivity contribution in [3.8, 4) is 11.1 Å². The number of aromatic amines is 1. The molecule has 0 aliphatic rings. The predicted octanol–water partition coefficient (Wildman–Crippen LogP) is 0.702. The van der Waals surface area contributed by atoms with Crippen LogP contribution in [0.5, 0.6) is 0 Å². The summed E-state index contributed by atoms with van der Waals surface area (Å²) >= 11 is 0. The van der Waals surface area contributed by atoms with Crippen molar-refractivity contribution in [2.75, 3.05) is 5.73 Å². The van der Waals surface area contributed by atoms with Crippen molar-refractivity contribution < 1.29 is 0 Å². The van der Waals surface area contributed by atoms with Crippen molar-refractivity contribution >= 4 is 11.5 Å². The molecule has 0 saturated carbocycles. The minimum Gasteiger partial charge on any atom is -0.384 e. The molecule has 0 aromatic carbocycles. The summed E-state index contributed by atoms with van der Waals surface area (Å²) in [6.07, 6.45) is 7.04. The zero-order valence-electron chi connectivity index (χ0n) is 7.75. The first kappa shape index (κ1) is 7.98. The summed E-state index contributed by atoms with van der Waals surface area (Å²) in [7, 11) is 0. The maximum absolute atomic E-state index is 5.63. The maximum atomic E-state index is 5.63. The molecule has 3 N–H and O–H groups in total. The van der Waals surface area contributed by atoms with Gasteiger partial charge in [0, 0.05) is 23.5 Å². The summed E-state index contributed by atoms with van der Waals surface area (Å²) < 4.78 is 1.68. The number of aromatic nitrogens is 5. The summed E-state index contributed by atoms with van der Waals surface area (Å²) in [4.78, 5) is 4.23. The fourth-order valence-corrected chi connectivity index (χ4v) is 1.48. The van der Waals surface area contributed by atoms with E-state index in [0.29, 0.717) is 5.82 Å². The molecule has 0 amide bonds. The number of nitrogens with two attached hydrogens (primary N) is 1. The summed E-state index contributed by atoms with van der Waals surface area (Å²) in [6, 6.07) is 1.71. The van der Waals surface area contributed by atoms with E-state index < -0.39 is 0 Å². The van der Waals surface area contributed by atoms with Gasteiger partial charge in [-0.25, -0.2) is 9.50 Å². The minimum atomic E-state index is 0.479. The fraction of sp³-hybridized carbons (Fsp3) is 0. The quantitative estimate of drug-likeness (QED) is 0.605. The van der Waals surface area contributed by atoms with E-state index in [-0.39, 0.29) is 0 Å². The van der Waals surface area contributed by atoms with Gasteiger partial charge in [-0.3, -0.25) is 5.10 Å². The van der Waals surface area contributed by atoms with E-state index in [1.54, 1.807) is 35.4 Å². The Labute approximate surface area is 84.8 Å². The van der Waals surface area contributed by atoms with Crippen LogP contribution in [0, 0.1) is 0 Å². The number of anilines is 1. The van der Waals surface area contributed by atoms with E-state index >= 15 is 0 Å². The highest BCUT2D eigenvalue weighted by Crippen LogP contribution is 2.21. The van der Waals surface area contributed by atoms with Crippen LogP contribution in [0.15, 0.2) is 30.9 Å². The molecule has 0 saturated heterocycles. The topological polar surface area (TPSA) is 84.9 Å². The number of nitrogens with zero attached hydrogens (tertiary/aromatic N) is 4. The van der Waals surface area contributed by atoms with Crippen LogP contribution in [0.2, 0.25) is 0 Å². The standard InChI is InChI=1S/C9H8N6/c10-8-1-2-15-9(14-8)7(5-13-15)6-3-11-12-4-6/h1-5H,(H2,10,14)(H,11,12). The maximum Gasteiger partial charge on any atom is 0.165 e. The van der Waals surface area contributed by atoms with Crippen molar-refractivity contribution in [1.29, 1.82) is 0 Å². The van der Waals surface area contributed by atoms with Gasteiger partial charge in [-0.2, -0.15) is 10.2 Å². The Morgan fingerprint density at radius 1 is 1.33 bits per heavy atom. The lowest BCUT2D eigenvalue weighted by Crippen LogP contribution is -1.94. The molecule has 3 heterocycles. The third-order valence-electron chi connectivity index (χ3n) is 2.20. The molecule has 0 bridgehead atoms. The largest absolute Gasteiger partial charge is 0.384 e. The Kier molecular flexibility index (Phi) is 1.49. The SMILES string of the molecule is Nc1ccn2ncc(-c3cn[nH]c3)c2n1. The fourth-order valence-electron chi connectivity index (χ4n) is 1.48. The Balaban J connectivity index is 2.32. The van der Waals surface area contributed by atoms with Crippen LogP contribution in [-0.2, 0) is 0 Å². The summed E-state index contributed by atoms with van der Waals surface area (Å²) in [5.41, 5.74) is 8.22. The smallest absolute Gasteiger partial charge is 0.165 e. The van der Waals surface area contributed by atoms with Crippen LogP contribution in [0.25, 0.3) is 16.8 Å². The summed E-state index contributed by atoms with van der Waals surface area (Å²) in [5.74, 6) is 0.479. The number of rotatable bonds is 1. The van der Waals surface area contributed by atoms with Crippen molar-refractivity contribution in [1.82, 2.24) is 24.8 Å². The molecule has 6 nitrogen and oxygen atoms in total. The highest BCUT2D eigenvalue weighted by atomic mass is 15.2. The number of nitrogens with one attached hydrogen (secondary N) is 1. The van der Waals surface area contributed by atoms with Gasteiger partial charge in [0.2, 0.25) is 0 Å². The number of H-pyrrole nitrogens is 1. The van der Waals surface area contributed by atoms with Crippen LogP contribution in [0.1, 0.15) is 0 Å². The zero-order valence-corrected chi connectivity index (χ0v) is 7.75. The molecule has 0 spiro atoms. The molecule has 0 unspecified atom stereocenters. The molecule has 0 atom stereocenters. The molecule has 0 radical (unpaired) electrons. The van der Waals surface area contributed by atoms with E-state index in [2.05, 4.69) is 20.3 Å². The Hall–Kier alpha value is -2.37. The lowest BCUT2D eigenvalue weighted by Gasteiger charge is -1.96. The third-order valence-corrected chi connectivity index (χ3v) is 2.20. The van der Waals surface area contributed by atoms with Crippen LogP contribution in [-0.4, -0.2) is 24.8 Å². The molecule has 0 aliphatic heterocycles. The molecule has 6 heteroatoms. The van der Waals surface area contributed by atoms with Crippen LogP contribution >= 0.6 is 0 Å². The van der Waals surface area contributed by atoms with E-state index in [9.17, 15) is 0 Å². The van der Waals surface area contributed by atoms with Gasteiger partial charge in [-0.05, 0) is 6.07 Å². The number of nitrogen functional groups attached to an aromatic ring is 1. The first-order valence-electron chi connectivity index (χ1n) is 4.43. The van der Waals surface area contributed by atoms with E-state index in [1.807, 2.05) is 0 Å². The Bertz CT molecular complexity index is 594. The first-order chi connectivity index (χ1) is 7.34. The molecule has 0 fully saturated rings. The van der Waals surface area contributed by atoms with E-state index in [4.69, 9.17) is 5.73 Å². The van der Waals surface area contributed by atoms with Gasteiger partial charge in [0.05, 0.1) is 12.4 Å². The van der Waals surface area contributed by atoms with Gasteiger partial charge in [0.15, 0.2) is 5.65 Å². The molecule has 3 aromatic rings. The van der Waals surface area contributed by atoms with E-state index in [1.165, 1.54) is 0 Å². The van der Waals surface area contributed by atoms with E-state index in [0.717, 1.165) is 16.8 Å². The monoisotopic (exact) mass is 200 g/mol. The average molecular weight is 200 g/mol. The molecular weight excluding hydrogens is 192 g/mol. The lowest BCUT2D eigenvalue weighted by atomic mass is 10.2. The van der Waals surface area contributed by atoms with Gasteiger partial charge in [-0.15, -0.1) is 0 Å². The van der Waals surface area contributed by atoms with Crippen molar-refractivity contribution in [3.63, 3.8) is 0 Å². The second-order valence-electron chi connectivity index (χ2n) is 3.17. The Morgan fingerprint density at radius 3 is 3.07 bits per heavy atom. The molecule has 0 aliphatic carbocycles.